The molecule has 0 fully saturated rings. The Morgan fingerprint density at radius 2 is 1.59 bits per heavy atom. The van der Waals surface area contributed by atoms with Crippen molar-refractivity contribution in [1.82, 2.24) is 9.97 Å². The molecule has 5 rings (SSSR count). The predicted octanol–water partition coefficient (Wildman–Crippen LogP) is 5.59. The Morgan fingerprint density at radius 1 is 0.941 bits per heavy atom. The molecule has 0 saturated heterocycles. The number of allylic oxidation sites excluding steroid dienone is 3. The van der Waals surface area contributed by atoms with Crippen molar-refractivity contribution < 1.29 is 19.4 Å². The van der Waals surface area contributed by atoms with Crippen molar-refractivity contribution in [2.24, 2.45) is 0 Å². The Bertz CT molecular complexity index is 1580. The molecule has 4 aromatic rings. The van der Waals surface area contributed by atoms with Crippen molar-refractivity contribution >= 4 is 44.5 Å². The van der Waals surface area contributed by atoms with Gasteiger partial charge < -0.3 is 19.8 Å². The van der Waals surface area contributed by atoms with Crippen LogP contribution in [0.2, 0.25) is 0 Å². The number of fused-ring (bicyclic) bond motifs is 2. The van der Waals surface area contributed by atoms with Gasteiger partial charge in [-0.15, -0.1) is 6.58 Å². The van der Waals surface area contributed by atoms with Gasteiger partial charge in [-0.05, 0) is 12.1 Å². The van der Waals surface area contributed by atoms with Gasteiger partial charge >= 0.3 is 0 Å². The highest BCUT2D eigenvalue weighted by Gasteiger charge is 2.41. The Kier molecular flexibility index (Phi) is 4.83. The molecule has 3 N–H and O–H groups in total. The van der Waals surface area contributed by atoms with E-state index in [0.717, 1.165) is 21.8 Å². The number of aromatic nitrogens is 2. The number of benzene rings is 2. The molecule has 0 radical (unpaired) electrons. The maximum atomic E-state index is 13.9. The minimum absolute atomic E-state index is 0.0376. The van der Waals surface area contributed by atoms with E-state index >= 15 is 0 Å². The molecule has 0 aliphatic heterocycles. The summed E-state index contributed by atoms with van der Waals surface area (Å²) in [5.41, 5.74) is 2.64. The number of aliphatic hydroxyl groups is 1. The normalized spacial score (nSPS) is 15.0. The molecule has 1 aliphatic carbocycles. The lowest BCUT2D eigenvalue weighted by Crippen LogP contribution is -2.25. The van der Waals surface area contributed by atoms with Gasteiger partial charge in [0.15, 0.2) is 11.5 Å². The lowest BCUT2D eigenvalue weighted by molar-refractivity contribution is -0.117. The summed E-state index contributed by atoms with van der Waals surface area (Å²) in [7, 11) is 1.36. The fourth-order valence-electron chi connectivity index (χ4n) is 4.61. The smallest absolute Gasteiger partial charge is 0.232 e. The van der Waals surface area contributed by atoms with Crippen LogP contribution in [0.3, 0.4) is 0 Å². The summed E-state index contributed by atoms with van der Waals surface area (Å²) in [6.07, 6.45) is 3.42. The number of aromatic amines is 2. The lowest BCUT2D eigenvalue weighted by atomic mass is 9.80. The van der Waals surface area contributed by atoms with Crippen LogP contribution < -0.4 is 0 Å². The summed E-state index contributed by atoms with van der Waals surface area (Å²) in [6, 6.07) is 14.9. The zero-order chi connectivity index (χ0) is 24.2. The molecule has 0 spiro atoms. The van der Waals surface area contributed by atoms with Crippen LogP contribution in [-0.4, -0.2) is 33.8 Å². The molecule has 170 valence electrons. The second kappa shape index (κ2) is 7.63. The summed E-state index contributed by atoms with van der Waals surface area (Å²) in [4.78, 5) is 33.9. The molecule has 2 aromatic carbocycles. The Hall–Kier alpha value is -4.32. The molecule has 6 heteroatoms. The van der Waals surface area contributed by atoms with Crippen LogP contribution >= 0.6 is 0 Å². The second-order valence-corrected chi connectivity index (χ2v) is 8.88. The number of nitrogens with one attached hydrogen (secondary N) is 2. The largest absolute Gasteiger partial charge is 0.504 e. The number of aliphatic hydroxyl groups excluding tert-OH is 1. The summed E-state index contributed by atoms with van der Waals surface area (Å²) in [6.45, 7) is 7.84. The van der Waals surface area contributed by atoms with Crippen molar-refractivity contribution in [1.29, 1.82) is 0 Å². The Labute approximate surface area is 196 Å². The topological polar surface area (TPSA) is 95.2 Å². The number of H-pyrrole nitrogens is 2. The van der Waals surface area contributed by atoms with E-state index in [-0.39, 0.29) is 16.9 Å². The third-order valence-electron chi connectivity index (χ3n) is 6.51. The molecule has 6 nitrogen and oxygen atoms in total. The van der Waals surface area contributed by atoms with E-state index in [2.05, 4.69) is 16.5 Å². The fraction of sp³-hybridized carbons (Fsp3) is 0.143. The number of hydrogen-bond acceptors (Lipinski definition) is 4. The van der Waals surface area contributed by atoms with Gasteiger partial charge in [-0.3, -0.25) is 9.59 Å². The highest BCUT2D eigenvalue weighted by atomic mass is 16.5. The van der Waals surface area contributed by atoms with Gasteiger partial charge in [-0.1, -0.05) is 56.3 Å². The zero-order valence-corrected chi connectivity index (χ0v) is 19.2. The van der Waals surface area contributed by atoms with E-state index in [0.29, 0.717) is 16.8 Å². The Balaban J connectivity index is 1.79. The van der Waals surface area contributed by atoms with Crippen molar-refractivity contribution in [3.63, 3.8) is 0 Å². The van der Waals surface area contributed by atoms with E-state index in [4.69, 9.17) is 4.74 Å². The van der Waals surface area contributed by atoms with Gasteiger partial charge in [0.1, 0.15) is 0 Å². The van der Waals surface area contributed by atoms with E-state index < -0.39 is 22.7 Å². The number of ketones is 2. The van der Waals surface area contributed by atoms with Gasteiger partial charge in [-0.2, -0.15) is 0 Å². The van der Waals surface area contributed by atoms with Crippen molar-refractivity contribution in [3.8, 4) is 0 Å². The summed E-state index contributed by atoms with van der Waals surface area (Å²) < 4.78 is 5.52. The molecule has 1 aliphatic rings. The number of carbonyl (C=O) groups is 2. The van der Waals surface area contributed by atoms with Gasteiger partial charge in [0.25, 0.3) is 0 Å². The van der Waals surface area contributed by atoms with Gasteiger partial charge in [0, 0.05) is 50.2 Å². The SMILES string of the molecule is C=CC(C)(C)c1[nH]c2ccccc2c1C1=C(O)C(=O)C(c2c[nH]c3ccccc23)=C(OC)C1=O. The first-order valence-electron chi connectivity index (χ1n) is 10.9. The minimum Gasteiger partial charge on any atom is -0.504 e. The molecule has 0 unspecified atom stereocenters. The minimum atomic E-state index is -0.663. The average Bonchev–Trinajstić information content (AvgIpc) is 3.44. The van der Waals surface area contributed by atoms with E-state index in [1.54, 1.807) is 12.3 Å². The molecule has 2 aromatic heterocycles. The number of Topliss-reactive ketones (excluding diaryl/α,β-unsaturated/α-hetero) is 2. The summed E-state index contributed by atoms with van der Waals surface area (Å²) in [5.74, 6) is -1.92. The molecule has 0 amide bonds. The number of ether oxygens (including phenoxy) is 1. The van der Waals surface area contributed by atoms with E-state index in [1.165, 1.54) is 7.11 Å². The zero-order valence-electron chi connectivity index (χ0n) is 19.2. The molecule has 2 heterocycles. The van der Waals surface area contributed by atoms with Crippen molar-refractivity contribution in [2.75, 3.05) is 7.11 Å². The van der Waals surface area contributed by atoms with Crippen LogP contribution in [0, 0.1) is 0 Å². The first-order chi connectivity index (χ1) is 16.3. The van der Waals surface area contributed by atoms with Crippen LogP contribution in [0.25, 0.3) is 33.0 Å². The number of carbonyl (C=O) groups excluding carboxylic acids is 2. The van der Waals surface area contributed by atoms with E-state index in [9.17, 15) is 14.7 Å². The number of hydrogen-bond donors (Lipinski definition) is 3. The fourth-order valence-corrected chi connectivity index (χ4v) is 4.61. The van der Waals surface area contributed by atoms with Crippen LogP contribution in [-0.2, 0) is 19.7 Å². The predicted molar refractivity (Wildman–Crippen MR) is 133 cm³/mol. The van der Waals surface area contributed by atoms with Gasteiger partial charge in [0.2, 0.25) is 11.6 Å². The Morgan fingerprint density at radius 3 is 2.26 bits per heavy atom. The number of rotatable bonds is 5. The lowest BCUT2D eigenvalue weighted by Gasteiger charge is -2.24. The number of methoxy groups -OCH3 is 1. The maximum absolute atomic E-state index is 13.9. The molecule has 0 saturated carbocycles. The second-order valence-electron chi connectivity index (χ2n) is 8.88. The summed E-state index contributed by atoms with van der Waals surface area (Å²) in [5, 5.41) is 12.7. The van der Waals surface area contributed by atoms with Crippen molar-refractivity contribution in [3.05, 3.63) is 95.7 Å². The molecule has 0 atom stereocenters. The number of para-hydroxylation sites is 2. The maximum Gasteiger partial charge on any atom is 0.232 e. The first kappa shape index (κ1) is 21.5. The molecule has 34 heavy (non-hydrogen) atoms. The van der Waals surface area contributed by atoms with Crippen LogP contribution in [0.1, 0.15) is 30.7 Å². The highest BCUT2D eigenvalue weighted by Crippen LogP contribution is 2.43. The monoisotopic (exact) mass is 452 g/mol. The van der Waals surface area contributed by atoms with Crippen molar-refractivity contribution in [2.45, 2.75) is 19.3 Å². The van der Waals surface area contributed by atoms with Crippen LogP contribution in [0.15, 0.2) is 78.9 Å². The van der Waals surface area contributed by atoms with Gasteiger partial charge in [-0.25, -0.2) is 0 Å². The molecular formula is C28H24N2O4. The average molecular weight is 453 g/mol. The van der Waals surface area contributed by atoms with Crippen LogP contribution in [0.4, 0.5) is 0 Å². The highest BCUT2D eigenvalue weighted by molar-refractivity contribution is 6.48. The molecule has 0 bridgehead atoms. The van der Waals surface area contributed by atoms with Gasteiger partial charge in [0.05, 0.1) is 18.3 Å². The quantitative estimate of drug-likeness (QED) is 0.272. The first-order valence-corrected chi connectivity index (χ1v) is 10.9. The third kappa shape index (κ3) is 2.95. The standard InChI is InChI=1S/C28H24N2O4/c1-5-28(2,3)27-20(16-11-7-9-13-19(16)30-27)22-24(32)23(31)21(26(34-4)25(22)33)17-14-29-18-12-8-6-10-15(17)18/h5-14,29-30,32H,1H2,2-4H3. The van der Waals surface area contributed by atoms with Crippen LogP contribution in [0.5, 0.6) is 0 Å². The summed E-state index contributed by atoms with van der Waals surface area (Å²) >= 11 is 0. The molecular weight excluding hydrogens is 428 g/mol. The third-order valence-corrected chi connectivity index (χ3v) is 6.51. The van der Waals surface area contributed by atoms with E-state index in [1.807, 2.05) is 62.4 Å².